The molecule has 0 aliphatic rings. The lowest BCUT2D eigenvalue weighted by atomic mass is 10.2. The zero-order valence-electron chi connectivity index (χ0n) is 12.5. The molecule has 0 amide bonds. The summed E-state index contributed by atoms with van der Waals surface area (Å²) in [6, 6.07) is 18.7. The molecule has 2 aromatic carbocycles. The Balaban J connectivity index is 1.62. The highest BCUT2D eigenvalue weighted by molar-refractivity contribution is 5.75. The first-order valence-electron chi connectivity index (χ1n) is 7.39. The third-order valence-electron chi connectivity index (χ3n) is 3.22. The number of benzene rings is 2. The molecule has 2 aromatic rings. The molecular weight excluding hydrogens is 278 g/mol. The van der Waals surface area contributed by atoms with Crippen LogP contribution in [0.15, 0.2) is 60.7 Å². The van der Waals surface area contributed by atoms with Gasteiger partial charge in [0, 0.05) is 12.8 Å². The number of esters is 1. The first-order valence-corrected chi connectivity index (χ1v) is 7.39. The van der Waals surface area contributed by atoms with Gasteiger partial charge in [0.2, 0.25) is 0 Å². The highest BCUT2D eigenvalue weighted by Gasteiger charge is 2.14. The summed E-state index contributed by atoms with van der Waals surface area (Å²) in [6.45, 7) is 0.731. The molecule has 0 aliphatic carbocycles. The number of ether oxygens (including phenoxy) is 2. The second-order valence-corrected chi connectivity index (χ2v) is 4.96. The van der Waals surface area contributed by atoms with Gasteiger partial charge < -0.3 is 15.2 Å². The SMILES string of the molecule is NC(CCOc1ccccc1)C(=O)OCCc1ccccc1. The first-order chi connectivity index (χ1) is 10.8. The summed E-state index contributed by atoms with van der Waals surface area (Å²) in [5.74, 6) is 0.389. The van der Waals surface area contributed by atoms with Crippen molar-refractivity contribution in [1.82, 2.24) is 0 Å². The Kier molecular flexibility index (Phi) is 6.45. The van der Waals surface area contributed by atoms with E-state index in [2.05, 4.69) is 0 Å². The summed E-state index contributed by atoms with van der Waals surface area (Å²) >= 11 is 0. The number of carbonyl (C=O) groups excluding carboxylic acids is 1. The van der Waals surface area contributed by atoms with Crippen molar-refractivity contribution in [3.63, 3.8) is 0 Å². The lowest BCUT2D eigenvalue weighted by molar-refractivity contribution is -0.145. The van der Waals surface area contributed by atoms with Crippen LogP contribution >= 0.6 is 0 Å². The molecule has 1 atom stereocenters. The fraction of sp³-hybridized carbons (Fsp3) is 0.278. The van der Waals surface area contributed by atoms with Gasteiger partial charge >= 0.3 is 5.97 Å². The molecule has 116 valence electrons. The van der Waals surface area contributed by atoms with E-state index in [1.807, 2.05) is 60.7 Å². The molecule has 0 radical (unpaired) electrons. The molecule has 0 saturated carbocycles. The monoisotopic (exact) mass is 299 g/mol. The third kappa shape index (κ3) is 5.58. The quantitative estimate of drug-likeness (QED) is 0.761. The second-order valence-electron chi connectivity index (χ2n) is 4.96. The Morgan fingerprint density at radius 2 is 1.59 bits per heavy atom. The van der Waals surface area contributed by atoms with Gasteiger partial charge in [-0.25, -0.2) is 0 Å². The van der Waals surface area contributed by atoms with Gasteiger partial charge in [0.05, 0.1) is 13.2 Å². The molecule has 4 heteroatoms. The van der Waals surface area contributed by atoms with Gasteiger partial charge in [0.25, 0.3) is 0 Å². The van der Waals surface area contributed by atoms with Crippen molar-refractivity contribution in [3.05, 3.63) is 66.2 Å². The van der Waals surface area contributed by atoms with E-state index in [1.54, 1.807) is 0 Å². The normalized spacial score (nSPS) is 11.7. The summed E-state index contributed by atoms with van der Waals surface area (Å²) in [5, 5.41) is 0. The van der Waals surface area contributed by atoms with Crippen LogP contribution < -0.4 is 10.5 Å². The summed E-state index contributed by atoms with van der Waals surface area (Å²) in [5.41, 5.74) is 6.94. The lowest BCUT2D eigenvalue weighted by Crippen LogP contribution is -2.34. The zero-order valence-corrected chi connectivity index (χ0v) is 12.5. The maximum Gasteiger partial charge on any atom is 0.323 e. The summed E-state index contributed by atoms with van der Waals surface area (Å²) < 4.78 is 10.7. The van der Waals surface area contributed by atoms with Gasteiger partial charge in [-0.15, -0.1) is 0 Å². The van der Waals surface area contributed by atoms with Crippen LogP contribution in [0.25, 0.3) is 0 Å². The first kappa shape index (κ1) is 16.0. The minimum Gasteiger partial charge on any atom is -0.494 e. The maximum absolute atomic E-state index is 11.8. The Morgan fingerprint density at radius 3 is 2.27 bits per heavy atom. The van der Waals surface area contributed by atoms with Gasteiger partial charge in [-0.05, 0) is 17.7 Å². The second kappa shape index (κ2) is 8.85. The summed E-state index contributed by atoms with van der Waals surface area (Å²) in [4.78, 5) is 11.8. The van der Waals surface area contributed by atoms with Gasteiger partial charge in [-0.2, -0.15) is 0 Å². The minimum absolute atomic E-state index is 0.343. The Bertz CT molecular complexity index is 557. The molecule has 1 unspecified atom stereocenters. The molecule has 0 heterocycles. The molecule has 0 saturated heterocycles. The van der Waals surface area contributed by atoms with Crippen LogP contribution in [-0.2, 0) is 16.0 Å². The van der Waals surface area contributed by atoms with Crippen molar-refractivity contribution < 1.29 is 14.3 Å². The van der Waals surface area contributed by atoms with E-state index < -0.39 is 6.04 Å². The molecule has 0 aromatic heterocycles. The van der Waals surface area contributed by atoms with Gasteiger partial charge in [0.1, 0.15) is 11.8 Å². The Hall–Kier alpha value is -2.33. The van der Waals surface area contributed by atoms with Crippen LogP contribution in [0.5, 0.6) is 5.75 Å². The van der Waals surface area contributed by atoms with E-state index >= 15 is 0 Å². The molecule has 0 aliphatic heterocycles. The number of carbonyl (C=O) groups is 1. The van der Waals surface area contributed by atoms with Gasteiger partial charge in [-0.3, -0.25) is 4.79 Å². The highest BCUT2D eigenvalue weighted by Crippen LogP contribution is 2.09. The van der Waals surface area contributed by atoms with Crippen LogP contribution in [0.3, 0.4) is 0 Å². The topological polar surface area (TPSA) is 61.5 Å². The zero-order chi connectivity index (χ0) is 15.6. The summed E-state index contributed by atoms with van der Waals surface area (Å²) in [7, 11) is 0. The third-order valence-corrected chi connectivity index (χ3v) is 3.22. The highest BCUT2D eigenvalue weighted by atomic mass is 16.5. The van der Waals surface area contributed by atoms with E-state index in [1.165, 1.54) is 0 Å². The van der Waals surface area contributed by atoms with Crippen LogP contribution in [-0.4, -0.2) is 25.2 Å². The Labute approximate surface area is 130 Å². The van der Waals surface area contributed by atoms with Crippen molar-refractivity contribution in [2.24, 2.45) is 5.73 Å². The van der Waals surface area contributed by atoms with Crippen molar-refractivity contribution in [1.29, 1.82) is 0 Å². The van der Waals surface area contributed by atoms with Crippen molar-refractivity contribution in [2.75, 3.05) is 13.2 Å². The van der Waals surface area contributed by atoms with Crippen LogP contribution in [0.2, 0.25) is 0 Å². The lowest BCUT2D eigenvalue weighted by Gasteiger charge is -2.12. The molecule has 22 heavy (non-hydrogen) atoms. The minimum atomic E-state index is -0.653. The average molecular weight is 299 g/mol. The van der Waals surface area contributed by atoms with Gasteiger partial charge in [0.15, 0.2) is 0 Å². The van der Waals surface area contributed by atoms with Crippen LogP contribution in [0.4, 0.5) is 0 Å². The van der Waals surface area contributed by atoms with E-state index in [4.69, 9.17) is 15.2 Å². The van der Waals surface area contributed by atoms with Crippen molar-refractivity contribution in [3.8, 4) is 5.75 Å². The number of rotatable bonds is 8. The maximum atomic E-state index is 11.8. The fourth-order valence-corrected chi connectivity index (χ4v) is 1.96. The summed E-state index contributed by atoms with van der Waals surface area (Å²) in [6.07, 6.45) is 1.12. The number of hydrogen-bond acceptors (Lipinski definition) is 4. The molecular formula is C18H21NO3. The van der Waals surface area contributed by atoms with E-state index in [9.17, 15) is 4.79 Å². The molecule has 2 N–H and O–H groups in total. The molecule has 0 bridgehead atoms. The predicted molar refractivity (Wildman–Crippen MR) is 85.6 cm³/mol. The fourth-order valence-electron chi connectivity index (χ4n) is 1.96. The largest absolute Gasteiger partial charge is 0.494 e. The van der Waals surface area contributed by atoms with Crippen LogP contribution in [0.1, 0.15) is 12.0 Å². The van der Waals surface area contributed by atoms with Crippen molar-refractivity contribution >= 4 is 5.97 Å². The molecule has 2 rings (SSSR count). The number of hydrogen-bond donors (Lipinski definition) is 1. The molecule has 4 nitrogen and oxygen atoms in total. The van der Waals surface area contributed by atoms with E-state index in [-0.39, 0.29) is 5.97 Å². The van der Waals surface area contributed by atoms with E-state index in [0.29, 0.717) is 26.1 Å². The van der Waals surface area contributed by atoms with E-state index in [0.717, 1.165) is 11.3 Å². The molecule has 0 fully saturated rings. The van der Waals surface area contributed by atoms with Gasteiger partial charge in [-0.1, -0.05) is 48.5 Å². The van der Waals surface area contributed by atoms with Crippen LogP contribution in [0, 0.1) is 0 Å². The number of para-hydroxylation sites is 1. The standard InChI is InChI=1S/C18H21NO3/c19-17(12-14-21-16-9-5-2-6-10-16)18(20)22-13-11-15-7-3-1-4-8-15/h1-10,17H,11-14,19H2. The average Bonchev–Trinajstić information content (AvgIpc) is 2.56. The molecule has 0 spiro atoms. The Morgan fingerprint density at radius 1 is 0.955 bits per heavy atom. The smallest absolute Gasteiger partial charge is 0.323 e. The predicted octanol–water partition coefficient (Wildman–Crippen LogP) is 2.57. The van der Waals surface area contributed by atoms with Crippen molar-refractivity contribution in [2.45, 2.75) is 18.9 Å². The number of nitrogens with two attached hydrogens (primary N) is 1.